The number of rotatable bonds is 6. The normalized spacial score (nSPS) is 10.7. The van der Waals surface area contributed by atoms with Gasteiger partial charge in [0.25, 0.3) is 0 Å². The molecule has 0 heterocycles. The highest BCUT2D eigenvalue weighted by atomic mass is 16.1. The molecule has 18 heavy (non-hydrogen) atoms. The van der Waals surface area contributed by atoms with E-state index in [2.05, 4.69) is 56.5 Å². The highest BCUT2D eigenvalue weighted by Crippen LogP contribution is 2.12. The van der Waals surface area contributed by atoms with Gasteiger partial charge in [-0.1, -0.05) is 32.0 Å². The molecule has 0 spiro atoms. The Morgan fingerprint density at radius 1 is 1.22 bits per heavy atom. The van der Waals surface area contributed by atoms with Crippen LogP contribution in [-0.4, -0.2) is 19.0 Å². The fraction of sp³-hybridized carbons (Fsp3) is 0.533. The zero-order valence-corrected chi connectivity index (χ0v) is 11.8. The first-order chi connectivity index (χ1) is 8.50. The molecule has 100 valence electrons. The molecule has 3 nitrogen and oxygen atoms in total. The molecule has 3 heteroatoms. The van der Waals surface area contributed by atoms with E-state index < -0.39 is 0 Å². The molecule has 0 unspecified atom stereocenters. The lowest BCUT2D eigenvalue weighted by molar-refractivity contribution is -0.120. The third kappa shape index (κ3) is 4.88. The second-order valence-corrected chi connectivity index (χ2v) is 5.17. The zero-order chi connectivity index (χ0) is 13.5. The maximum absolute atomic E-state index is 11.5. The van der Waals surface area contributed by atoms with E-state index in [0.717, 1.165) is 13.1 Å². The fourth-order valence-electron chi connectivity index (χ4n) is 1.81. The van der Waals surface area contributed by atoms with Gasteiger partial charge < -0.3 is 10.6 Å². The molecule has 1 amide bonds. The molecule has 0 aliphatic rings. The topological polar surface area (TPSA) is 41.1 Å². The summed E-state index contributed by atoms with van der Waals surface area (Å²) in [5.41, 5.74) is 3.82. The quantitative estimate of drug-likeness (QED) is 0.810. The number of amides is 1. The maximum atomic E-state index is 11.5. The van der Waals surface area contributed by atoms with Crippen molar-refractivity contribution in [2.24, 2.45) is 5.92 Å². The number of hydrogen-bond donors (Lipinski definition) is 2. The van der Waals surface area contributed by atoms with Crippen LogP contribution in [0.1, 0.15) is 30.5 Å². The van der Waals surface area contributed by atoms with Crippen LogP contribution in [0.25, 0.3) is 0 Å². The third-order valence-electron chi connectivity index (χ3n) is 2.94. The highest BCUT2D eigenvalue weighted by Gasteiger charge is 2.04. The Kier molecular flexibility index (Phi) is 5.86. The molecule has 0 saturated heterocycles. The van der Waals surface area contributed by atoms with Gasteiger partial charge in [0, 0.05) is 13.1 Å². The van der Waals surface area contributed by atoms with Crippen molar-refractivity contribution >= 4 is 5.91 Å². The van der Waals surface area contributed by atoms with E-state index >= 15 is 0 Å². The second kappa shape index (κ2) is 7.17. The van der Waals surface area contributed by atoms with Crippen molar-refractivity contribution in [2.45, 2.75) is 34.2 Å². The Hall–Kier alpha value is -1.35. The van der Waals surface area contributed by atoms with Crippen molar-refractivity contribution in [1.82, 2.24) is 10.6 Å². The van der Waals surface area contributed by atoms with E-state index in [9.17, 15) is 4.79 Å². The summed E-state index contributed by atoms with van der Waals surface area (Å²) in [6.07, 6.45) is 0. The van der Waals surface area contributed by atoms with E-state index in [1.54, 1.807) is 0 Å². The molecule has 0 aromatic heterocycles. The van der Waals surface area contributed by atoms with Crippen molar-refractivity contribution in [3.63, 3.8) is 0 Å². The summed E-state index contributed by atoms with van der Waals surface area (Å²) in [6, 6.07) is 6.26. The highest BCUT2D eigenvalue weighted by molar-refractivity contribution is 5.77. The van der Waals surface area contributed by atoms with Crippen molar-refractivity contribution in [3.05, 3.63) is 34.9 Å². The predicted molar refractivity (Wildman–Crippen MR) is 75.5 cm³/mol. The van der Waals surface area contributed by atoms with Gasteiger partial charge in [-0.05, 0) is 36.5 Å². The predicted octanol–water partition coefficient (Wildman–Crippen LogP) is 2.17. The monoisotopic (exact) mass is 248 g/mol. The summed E-state index contributed by atoms with van der Waals surface area (Å²) in [5.74, 6) is 0.558. The summed E-state index contributed by atoms with van der Waals surface area (Å²) in [5, 5.41) is 6.09. The van der Waals surface area contributed by atoms with Crippen molar-refractivity contribution < 1.29 is 4.79 Å². The Labute approximate surface area is 110 Å². The van der Waals surface area contributed by atoms with Gasteiger partial charge in [-0.25, -0.2) is 0 Å². The average molecular weight is 248 g/mol. The summed E-state index contributed by atoms with van der Waals surface area (Å²) >= 11 is 0. The third-order valence-corrected chi connectivity index (χ3v) is 2.94. The molecule has 0 bridgehead atoms. The lowest BCUT2D eigenvalue weighted by atomic mass is 10.0. The summed E-state index contributed by atoms with van der Waals surface area (Å²) < 4.78 is 0. The maximum Gasteiger partial charge on any atom is 0.233 e. The molecule has 1 aromatic rings. The van der Waals surface area contributed by atoms with Crippen LogP contribution in [-0.2, 0) is 11.3 Å². The lowest BCUT2D eigenvalue weighted by Gasteiger charge is -2.11. The van der Waals surface area contributed by atoms with Crippen LogP contribution in [0.5, 0.6) is 0 Å². The van der Waals surface area contributed by atoms with E-state index in [-0.39, 0.29) is 5.91 Å². The minimum atomic E-state index is 0.0648. The van der Waals surface area contributed by atoms with E-state index in [4.69, 9.17) is 0 Å². The van der Waals surface area contributed by atoms with Gasteiger partial charge in [0.15, 0.2) is 0 Å². The molecule has 0 aliphatic carbocycles. The summed E-state index contributed by atoms with van der Waals surface area (Å²) in [6.45, 7) is 10.2. The molecule has 0 radical (unpaired) electrons. The number of benzene rings is 1. The smallest absolute Gasteiger partial charge is 0.233 e. The van der Waals surface area contributed by atoms with Crippen LogP contribution < -0.4 is 10.6 Å². The van der Waals surface area contributed by atoms with Gasteiger partial charge in [0.1, 0.15) is 0 Å². The van der Waals surface area contributed by atoms with E-state index in [1.807, 2.05) is 0 Å². The van der Waals surface area contributed by atoms with E-state index in [0.29, 0.717) is 12.5 Å². The van der Waals surface area contributed by atoms with Crippen LogP contribution in [0.4, 0.5) is 0 Å². The molecule has 1 aromatic carbocycles. The van der Waals surface area contributed by atoms with Gasteiger partial charge in [0.2, 0.25) is 5.91 Å². The van der Waals surface area contributed by atoms with Crippen molar-refractivity contribution in [3.8, 4) is 0 Å². The average Bonchev–Trinajstić information content (AvgIpc) is 2.30. The van der Waals surface area contributed by atoms with E-state index in [1.165, 1.54) is 16.7 Å². The number of carbonyl (C=O) groups is 1. The number of hydrogen-bond acceptors (Lipinski definition) is 2. The van der Waals surface area contributed by atoms with Crippen molar-refractivity contribution in [2.75, 3.05) is 13.1 Å². The molecule has 0 fully saturated rings. The van der Waals surface area contributed by atoms with Gasteiger partial charge in [-0.3, -0.25) is 4.79 Å². The lowest BCUT2D eigenvalue weighted by Crippen LogP contribution is -2.35. The number of nitrogens with one attached hydrogen (secondary N) is 2. The van der Waals surface area contributed by atoms with Crippen molar-refractivity contribution in [1.29, 1.82) is 0 Å². The minimum absolute atomic E-state index is 0.0648. The number of aryl methyl sites for hydroxylation is 2. The SMILES string of the molecule is Cc1cccc(C)c1CNCC(=O)NCC(C)C. The first kappa shape index (κ1) is 14.7. The molecular weight excluding hydrogens is 224 g/mol. The van der Waals surface area contributed by atoms with Crippen LogP contribution in [0.2, 0.25) is 0 Å². The fourth-order valence-corrected chi connectivity index (χ4v) is 1.81. The molecule has 0 aliphatic heterocycles. The second-order valence-electron chi connectivity index (χ2n) is 5.17. The Bertz CT molecular complexity index is 379. The van der Waals surface area contributed by atoms with Gasteiger partial charge >= 0.3 is 0 Å². The minimum Gasteiger partial charge on any atom is -0.355 e. The molecule has 0 saturated carbocycles. The Balaban J connectivity index is 2.35. The van der Waals surface area contributed by atoms with Crippen LogP contribution >= 0.6 is 0 Å². The Morgan fingerprint density at radius 2 is 1.83 bits per heavy atom. The zero-order valence-electron chi connectivity index (χ0n) is 11.8. The summed E-state index contributed by atoms with van der Waals surface area (Å²) in [4.78, 5) is 11.5. The first-order valence-electron chi connectivity index (χ1n) is 6.53. The molecule has 1 rings (SSSR count). The van der Waals surface area contributed by atoms with Crippen LogP contribution in [0.15, 0.2) is 18.2 Å². The van der Waals surface area contributed by atoms with Crippen LogP contribution in [0, 0.1) is 19.8 Å². The molecule has 2 N–H and O–H groups in total. The van der Waals surface area contributed by atoms with Gasteiger partial charge in [-0.15, -0.1) is 0 Å². The van der Waals surface area contributed by atoms with Gasteiger partial charge in [0.05, 0.1) is 6.54 Å². The standard InChI is InChI=1S/C15H24N2O/c1-11(2)8-17-15(18)10-16-9-14-12(3)6-5-7-13(14)4/h5-7,11,16H,8-10H2,1-4H3,(H,17,18). The molecule has 0 atom stereocenters. The van der Waals surface area contributed by atoms with Gasteiger partial charge in [-0.2, -0.15) is 0 Å². The summed E-state index contributed by atoms with van der Waals surface area (Å²) in [7, 11) is 0. The largest absolute Gasteiger partial charge is 0.355 e. The number of carbonyl (C=O) groups excluding carboxylic acids is 1. The van der Waals surface area contributed by atoms with Crippen LogP contribution in [0.3, 0.4) is 0 Å². The first-order valence-corrected chi connectivity index (χ1v) is 6.53. The Morgan fingerprint density at radius 3 is 2.39 bits per heavy atom. The molecular formula is C15H24N2O.